The third-order valence-electron chi connectivity index (χ3n) is 3.48. The number of carbonyl (C=O) groups is 1. The smallest absolute Gasteiger partial charge is 0.225 e. The molecule has 98 valence electrons. The molecule has 1 amide bonds. The number of benzene rings is 1. The molecule has 0 saturated carbocycles. The van der Waals surface area contributed by atoms with Gasteiger partial charge in [-0.25, -0.2) is 0 Å². The summed E-state index contributed by atoms with van der Waals surface area (Å²) in [5, 5.41) is 3.02. The first-order chi connectivity index (χ1) is 9.22. The number of halogens is 1. The largest absolute Gasteiger partial charge is 0.325 e. The van der Waals surface area contributed by atoms with E-state index in [-0.39, 0.29) is 5.91 Å². The second-order valence-corrected chi connectivity index (χ2v) is 7.30. The third-order valence-corrected chi connectivity index (χ3v) is 5.17. The highest BCUT2D eigenvalue weighted by Gasteiger charge is 2.21. The van der Waals surface area contributed by atoms with Crippen molar-refractivity contribution >= 4 is 38.9 Å². The SMILES string of the molecule is O=C1CC(c2ccccc2)CCc2sc(Br)cc2N1. The van der Waals surface area contributed by atoms with E-state index >= 15 is 0 Å². The molecular formula is C15H14BrNOS. The first kappa shape index (κ1) is 12.9. The molecular weight excluding hydrogens is 322 g/mol. The number of anilines is 1. The van der Waals surface area contributed by atoms with Crippen LogP contribution in [0.25, 0.3) is 0 Å². The quantitative estimate of drug-likeness (QED) is 0.812. The molecule has 2 nitrogen and oxygen atoms in total. The van der Waals surface area contributed by atoms with Gasteiger partial charge in [0.2, 0.25) is 5.91 Å². The predicted octanol–water partition coefficient (Wildman–Crippen LogP) is 4.57. The Morgan fingerprint density at radius 3 is 2.84 bits per heavy atom. The number of fused-ring (bicyclic) bond motifs is 1. The van der Waals surface area contributed by atoms with Gasteiger partial charge < -0.3 is 5.32 Å². The zero-order valence-corrected chi connectivity index (χ0v) is 12.8. The van der Waals surface area contributed by atoms with Crippen LogP contribution in [0.1, 0.15) is 29.2 Å². The molecule has 1 aromatic carbocycles. The molecule has 1 unspecified atom stereocenters. The molecule has 0 saturated heterocycles. The lowest BCUT2D eigenvalue weighted by Crippen LogP contribution is -2.18. The van der Waals surface area contributed by atoms with Crippen LogP contribution in [0.5, 0.6) is 0 Å². The summed E-state index contributed by atoms with van der Waals surface area (Å²) in [4.78, 5) is 13.3. The van der Waals surface area contributed by atoms with Crippen molar-refractivity contribution in [3.05, 3.63) is 50.6 Å². The van der Waals surface area contributed by atoms with E-state index in [1.165, 1.54) is 10.4 Å². The summed E-state index contributed by atoms with van der Waals surface area (Å²) in [6, 6.07) is 12.3. The third kappa shape index (κ3) is 2.90. The van der Waals surface area contributed by atoms with Crippen molar-refractivity contribution in [1.82, 2.24) is 0 Å². The number of amides is 1. The minimum Gasteiger partial charge on any atom is -0.325 e. The number of aryl methyl sites for hydroxylation is 1. The van der Waals surface area contributed by atoms with Gasteiger partial charge in [0.25, 0.3) is 0 Å². The van der Waals surface area contributed by atoms with Crippen molar-refractivity contribution in [1.29, 1.82) is 0 Å². The normalized spacial score (nSPS) is 19.2. The van der Waals surface area contributed by atoms with Crippen LogP contribution in [0.2, 0.25) is 0 Å². The highest BCUT2D eigenvalue weighted by molar-refractivity contribution is 9.11. The summed E-state index contributed by atoms with van der Waals surface area (Å²) in [5.74, 6) is 0.426. The van der Waals surface area contributed by atoms with Gasteiger partial charge in [-0.3, -0.25) is 4.79 Å². The second kappa shape index (κ2) is 5.47. The molecule has 0 radical (unpaired) electrons. The molecule has 4 heteroatoms. The van der Waals surface area contributed by atoms with Gasteiger partial charge in [-0.15, -0.1) is 11.3 Å². The summed E-state index contributed by atoms with van der Waals surface area (Å²) < 4.78 is 1.08. The van der Waals surface area contributed by atoms with Crippen LogP contribution in [0.4, 0.5) is 5.69 Å². The van der Waals surface area contributed by atoms with Crippen LogP contribution in [-0.4, -0.2) is 5.91 Å². The van der Waals surface area contributed by atoms with Crippen LogP contribution < -0.4 is 5.32 Å². The van der Waals surface area contributed by atoms with Gasteiger partial charge in [-0.2, -0.15) is 0 Å². The maximum absolute atomic E-state index is 12.1. The molecule has 1 aliphatic rings. The fraction of sp³-hybridized carbons (Fsp3) is 0.267. The lowest BCUT2D eigenvalue weighted by Gasteiger charge is -2.20. The first-order valence-electron chi connectivity index (χ1n) is 6.35. The van der Waals surface area contributed by atoms with Crippen LogP contribution >= 0.6 is 27.3 Å². The van der Waals surface area contributed by atoms with E-state index in [4.69, 9.17) is 0 Å². The molecule has 2 aromatic rings. The molecule has 1 aromatic heterocycles. The molecule has 3 rings (SSSR count). The predicted molar refractivity (Wildman–Crippen MR) is 82.8 cm³/mol. The van der Waals surface area contributed by atoms with E-state index in [0.29, 0.717) is 12.3 Å². The molecule has 0 spiro atoms. The topological polar surface area (TPSA) is 29.1 Å². The standard InChI is InChI=1S/C15H14BrNOS/c16-14-9-12-13(19-14)7-6-11(8-15(18)17-12)10-4-2-1-3-5-10/h1-5,9,11H,6-8H2,(H,17,18). The van der Waals surface area contributed by atoms with Crippen molar-refractivity contribution in [2.45, 2.75) is 25.2 Å². The van der Waals surface area contributed by atoms with Gasteiger partial charge in [0, 0.05) is 11.3 Å². The Morgan fingerprint density at radius 1 is 1.26 bits per heavy atom. The van der Waals surface area contributed by atoms with Gasteiger partial charge in [0.15, 0.2) is 0 Å². The summed E-state index contributed by atoms with van der Waals surface area (Å²) in [5.41, 5.74) is 2.24. The molecule has 0 aliphatic carbocycles. The Morgan fingerprint density at radius 2 is 2.05 bits per heavy atom. The van der Waals surface area contributed by atoms with E-state index in [9.17, 15) is 4.79 Å². The Bertz CT molecular complexity index is 593. The highest BCUT2D eigenvalue weighted by Crippen LogP contribution is 2.36. The Kier molecular flexibility index (Phi) is 3.71. The van der Waals surface area contributed by atoms with Crippen LogP contribution in [0.3, 0.4) is 0 Å². The van der Waals surface area contributed by atoms with Gasteiger partial charge in [-0.1, -0.05) is 30.3 Å². The lowest BCUT2D eigenvalue weighted by molar-refractivity contribution is -0.116. The fourth-order valence-corrected chi connectivity index (χ4v) is 4.20. The number of hydrogen-bond donors (Lipinski definition) is 1. The van der Waals surface area contributed by atoms with Crippen molar-refractivity contribution in [3.8, 4) is 0 Å². The van der Waals surface area contributed by atoms with Gasteiger partial charge in [0.05, 0.1) is 9.47 Å². The zero-order chi connectivity index (χ0) is 13.2. The minimum absolute atomic E-state index is 0.111. The number of hydrogen-bond acceptors (Lipinski definition) is 2. The lowest BCUT2D eigenvalue weighted by atomic mass is 9.89. The van der Waals surface area contributed by atoms with E-state index < -0.39 is 0 Å². The van der Waals surface area contributed by atoms with E-state index in [1.807, 2.05) is 24.3 Å². The van der Waals surface area contributed by atoms with Gasteiger partial charge >= 0.3 is 0 Å². The molecule has 2 heterocycles. The van der Waals surface area contributed by atoms with E-state index in [2.05, 4.69) is 33.4 Å². The first-order valence-corrected chi connectivity index (χ1v) is 7.96. The maximum atomic E-state index is 12.1. The van der Waals surface area contributed by atoms with E-state index in [0.717, 1.165) is 22.3 Å². The molecule has 19 heavy (non-hydrogen) atoms. The summed E-state index contributed by atoms with van der Waals surface area (Å²) in [6.45, 7) is 0. The number of carbonyl (C=O) groups excluding carboxylic acids is 1. The van der Waals surface area contributed by atoms with Gasteiger partial charge in [0.1, 0.15) is 0 Å². The molecule has 0 bridgehead atoms. The Balaban J connectivity index is 1.87. The molecule has 1 N–H and O–H groups in total. The van der Waals surface area contributed by atoms with Crippen molar-refractivity contribution in [2.75, 3.05) is 5.32 Å². The Labute approximate surface area is 125 Å². The van der Waals surface area contributed by atoms with E-state index in [1.54, 1.807) is 11.3 Å². The van der Waals surface area contributed by atoms with Crippen molar-refractivity contribution in [3.63, 3.8) is 0 Å². The maximum Gasteiger partial charge on any atom is 0.225 e. The summed E-state index contributed by atoms with van der Waals surface area (Å²) >= 11 is 5.20. The minimum atomic E-state index is 0.111. The number of rotatable bonds is 1. The average molecular weight is 336 g/mol. The fourth-order valence-electron chi connectivity index (χ4n) is 2.53. The van der Waals surface area contributed by atoms with Crippen LogP contribution in [-0.2, 0) is 11.2 Å². The number of thiophene rings is 1. The molecule has 1 aliphatic heterocycles. The zero-order valence-electron chi connectivity index (χ0n) is 10.4. The van der Waals surface area contributed by atoms with Crippen molar-refractivity contribution in [2.24, 2.45) is 0 Å². The summed E-state index contributed by atoms with van der Waals surface area (Å²) in [7, 11) is 0. The van der Waals surface area contributed by atoms with Crippen LogP contribution in [0, 0.1) is 0 Å². The average Bonchev–Trinajstić information content (AvgIpc) is 2.73. The van der Waals surface area contributed by atoms with Crippen molar-refractivity contribution < 1.29 is 4.79 Å². The monoisotopic (exact) mass is 335 g/mol. The molecule has 1 atom stereocenters. The van der Waals surface area contributed by atoms with Crippen LogP contribution in [0.15, 0.2) is 40.2 Å². The second-order valence-electron chi connectivity index (χ2n) is 4.79. The Hall–Kier alpha value is -1.13. The molecule has 0 fully saturated rings. The number of nitrogens with one attached hydrogen (secondary N) is 1. The highest BCUT2D eigenvalue weighted by atomic mass is 79.9. The summed E-state index contributed by atoms with van der Waals surface area (Å²) in [6.07, 6.45) is 2.61. The van der Waals surface area contributed by atoms with Gasteiger partial charge in [-0.05, 0) is 46.3 Å².